The molecule has 17 heavy (non-hydrogen) atoms. The molecule has 1 aromatic rings. The molecule has 1 aromatic heterocycles. The number of thioether (sulfide) groups is 1. The minimum Gasteiger partial charge on any atom is -0.459 e. The monoisotopic (exact) mass is 254 g/mol. The van der Waals surface area contributed by atoms with E-state index in [1.165, 1.54) is 11.8 Å². The first-order valence-electron chi connectivity index (χ1n) is 5.35. The summed E-state index contributed by atoms with van der Waals surface area (Å²) >= 11 is 1.29. The van der Waals surface area contributed by atoms with Crippen LogP contribution in [0.2, 0.25) is 0 Å². The average Bonchev–Trinajstić information content (AvgIpc) is 2.13. The molecule has 1 rings (SSSR count). The van der Waals surface area contributed by atoms with Gasteiger partial charge in [0.15, 0.2) is 0 Å². The molecular weight excluding hydrogens is 236 g/mol. The van der Waals surface area contributed by atoms with Crippen molar-refractivity contribution in [3.8, 4) is 0 Å². The molecule has 1 heterocycles. The summed E-state index contributed by atoms with van der Waals surface area (Å²) in [6, 6.07) is 1.84. The van der Waals surface area contributed by atoms with E-state index in [2.05, 4.69) is 4.98 Å². The first-order valence-corrected chi connectivity index (χ1v) is 6.33. The van der Waals surface area contributed by atoms with Crippen LogP contribution in [-0.2, 0) is 9.53 Å². The number of aryl methyl sites for hydroxylation is 1. The lowest BCUT2D eigenvalue weighted by Crippen LogP contribution is -2.24. The van der Waals surface area contributed by atoms with E-state index >= 15 is 0 Å². The molecule has 5 heteroatoms. The van der Waals surface area contributed by atoms with Crippen LogP contribution in [0.3, 0.4) is 0 Å². The fraction of sp³-hybridized carbons (Fsp3) is 0.500. The van der Waals surface area contributed by atoms with Gasteiger partial charge in [0.2, 0.25) is 0 Å². The van der Waals surface area contributed by atoms with Crippen molar-refractivity contribution in [1.82, 2.24) is 4.98 Å². The number of nitrogens with two attached hydrogens (primary N) is 1. The Kier molecular flexibility index (Phi) is 4.40. The maximum absolute atomic E-state index is 11.5. The van der Waals surface area contributed by atoms with Crippen LogP contribution in [0.4, 0.5) is 5.69 Å². The molecule has 0 aliphatic carbocycles. The molecule has 0 unspecified atom stereocenters. The molecule has 0 aliphatic rings. The van der Waals surface area contributed by atoms with Gasteiger partial charge in [0, 0.05) is 6.20 Å². The Bertz CT molecular complexity index is 413. The summed E-state index contributed by atoms with van der Waals surface area (Å²) in [6.45, 7) is 7.45. The van der Waals surface area contributed by atoms with Gasteiger partial charge >= 0.3 is 5.97 Å². The molecule has 0 amide bonds. The molecule has 0 bridgehead atoms. The number of hydrogen-bond acceptors (Lipinski definition) is 5. The van der Waals surface area contributed by atoms with Crippen LogP contribution < -0.4 is 5.73 Å². The Morgan fingerprint density at radius 1 is 1.53 bits per heavy atom. The Balaban J connectivity index is 2.53. The van der Waals surface area contributed by atoms with Gasteiger partial charge in [-0.1, -0.05) is 11.8 Å². The van der Waals surface area contributed by atoms with Gasteiger partial charge in [0.05, 0.1) is 11.4 Å². The molecule has 0 aliphatic heterocycles. The number of esters is 1. The normalized spacial score (nSPS) is 11.3. The molecular formula is C12H18N2O2S. The molecule has 0 aromatic carbocycles. The molecule has 0 spiro atoms. The average molecular weight is 254 g/mol. The minimum absolute atomic E-state index is 0.220. The molecule has 0 atom stereocenters. The summed E-state index contributed by atoms with van der Waals surface area (Å²) in [5, 5.41) is 0.668. The molecule has 0 fully saturated rings. The fourth-order valence-electron chi connectivity index (χ4n) is 1.20. The first kappa shape index (κ1) is 13.8. The van der Waals surface area contributed by atoms with Crippen molar-refractivity contribution in [2.24, 2.45) is 0 Å². The van der Waals surface area contributed by atoms with Gasteiger partial charge in [0.1, 0.15) is 10.6 Å². The quantitative estimate of drug-likeness (QED) is 0.663. The van der Waals surface area contributed by atoms with E-state index < -0.39 is 5.60 Å². The van der Waals surface area contributed by atoms with E-state index in [0.29, 0.717) is 10.7 Å². The Hall–Kier alpha value is -1.23. The third kappa shape index (κ3) is 5.08. The highest BCUT2D eigenvalue weighted by Crippen LogP contribution is 2.23. The lowest BCUT2D eigenvalue weighted by molar-refractivity contribution is -0.151. The maximum Gasteiger partial charge on any atom is 0.316 e. The zero-order chi connectivity index (χ0) is 13.1. The van der Waals surface area contributed by atoms with Gasteiger partial charge < -0.3 is 10.5 Å². The summed E-state index contributed by atoms with van der Waals surface area (Å²) in [5.41, 5.74) is 6.94. The predicted molar refractivity (Wildman–Crippen MR) is 70.0 cm³/mol. The van der Waals surface area contributed by atoms with Crippen molar-refractivity contribution < 1.29 is 9.53 Å². The molecule has 0 saturated carbocycles. The molecule has 4 nitrogen and oxygen atoms in total. The van der Waals surface area contributed by atoms with Crippen molar-refractivity contribution in [2.75, 3.05) is 11.5 Å². The highest BCUT2D eigenvalue weighted by molar-refractivity contribution is 8.00. The number of anilines is 1. The number of rotatable bonds is 3. The highest BCUT2D eigenvalue weighted by Gasteiger charge is 2.16. The van der Waals surface area contributed by atoms with Crippen molar-refractivity contribution in [3.05, 3.63) is 17.8 Å². The topological polar surface area (TPSA) is 65.2 Å². The number of pyridine rings is 1. The van der Waals surface area contributed by atoms with Crippen LogP contribution in [-0.4, -0.2) is 22.3 Å². The number of carbonyl (C=O) groups is 1. The van der Waals surface area contributed by atoms with E-state index in [1.807, 2.05) is 33.8 Å². The molecule has 0 saturated heterocycles. The van der Waals surface area contributed by atoms with Crippen molar-refractivity contribution >= 4 is 23.4 Å². The van der Waals surface area contributed by atoms with Gasteiger partial charge in [0.25, 0.3) is 0 Å². The van der Waals surface area contributed by atoms with Crippen LogP contribution in [0.25, 0.3) is 0 Å². The number of nitrogens with zero attached hydrogens (tertiary/aromatic N) is 1. The minimum atomic E-state index is -0.454. The Morgan fingerprint density at radius 3 is 2.71 bits per heavy atom. The van der Waals surface area contributed by atoms with E-state index in [4.69, 9.17) is 10.5 Å². The number of aromatic nitrogens is 1. The number of carbonyl (C=O) groups excluding carboxylic acids is 1. The largest absolute Gasteiger partial charge is 0.459 e. The van der Waals surface area contributed by atoms with Crippen LogP contribution in [0.1, 0.15) is 26.3 Å². The highest BCUT2D eigenvalue weighted by atomic mass is 32.2. The SMILES string of the molecule is Cc1cnc(SCC(=O)OC(C)(C)C)c(N)c1. The van der Waals surface area contributed by atoms with Gasteiger partial charge in [-0.3, -0.25) is 4.79 Å². The van der Waals surface area contributed by atoms with Gasteiger partial charge in [-0.15, -0.1) is 0 Å². The van der Waals surface area contributed by atoms with Gasteiger partial charge in [-0.2, -0.15) is 0 Å². The first-order chi connectivity index (χ1) is 7.78. The van der Waals surface area contributed by atoms with Gasteiger partial charge in [-0.05, 0) is 39.3 Å². The third-order valence-corrected chi connectivity index (χ3v) is 2.76. The van der Waals surface area contributed by atoms with E-state index in [1.54, 1.807) is 6.20 Å². The lowest BCUT2D eigenvalue weighted by atomic mass is 10.2. The van der Waals surface area contributed by atoms with Crippen LogP contribution in [0.15, 0.2) is 17.3 Å². The Labute approximate surface area is 106 Å². The Morgan fingerprint density at radius 2 is 2.18 bits per heavy atom. The maximum atomic E-state index is 11.5. The molecule has 94 valence electrons. The van der Waals surface area contributed by atoms with Crippen molar-refractivity contribution in [3.63, 3.8) is 0 Å². The standard InChI is InChI=1S/C12H18N2O2S/c1-8-5-9(13)11(14-6-8)17-7-10(15)16-12(2,3)4/h5-6H,7,13H2,1-4H3. The summed E-state index contributed by atoms with van der Waals surface area (Å²) in [7, 11) is 0. The summed E-state index contributed by atoms with van der Waals surface area (Å²) in [5.74, 6) is -0.0402. The van der Waals surface area contributed by atoms with Crippen LogP contribution >= 0.6 is 11.8 Å². The second kappa shape index (κ2) is 5.40. The number of nitrogen functional groups attached to an aromatic ring is 1. The van der Waals surface area contributed by atoms with Crippen molar-refractivity contribution in [1.29, 1.82) is 0 Å². The van der Waals surface area contributed by atoms with E-state index in [9.17, 15) is 4.79 Å². The van der Waals surface area contributed by atoms with Crippen LogP contribution in [0, 0.1) is 6.92 Å². The van der Waals surface area contributed by atoms with Gasteiger partial charge in [-0.25, -0.2) is 4.98 Å². The zero-order valence-corrected chi connectivity index (χ0v) is 11.4. The van der Waals surface area contributed by atoms with Crippen LogP contribution in [0.5, 0.6) is 0 Å². The number of ether oxygens (including phenoxy) is 1. The summed E-state index contributed by atoms with van der Waals surface area (Å²) in [4.78, 5) is 15.7. The summed E-state index contributed by atoms with van der Waals surface area (Å²) < 4.78 is 5.19. The van der Waals surface area contributed by atoms with E-state index in [0.717, 1.165) is 5.56 Å². The lowest BCUT2D eigenvalue weighted by Gasteiger charge is -2.19. The van der Waals surface area contributed by atoms with E-state index in [-0.39, 0.29) is 11.7 Å². The second-order valence-corrected chi connectivity index (χ2v) is 5.75. The number of hydrogen-bond donors (Lipinski definition) is 1. The predicted octanol–water partition coefficient (Wildman–Crippen LogP) is 2.41. The van der Waals surface area contributed by atoms with Crippen molar-refractivity contribution in [2.45, 2.75) is 38.3 Å². The second-order valence-electron chi connectivity index (χ2n) is 4.78. The zero-order valence-electron chi connectivity index (χ0n) is 10.6. The smallest absolute Gasteiger partial charge is 0.316 e. The summed E-state index contributed by atoms with van der Waals surface area (Å²) in [6.07, 6.45) is 1.73. The molecule has 0 radical (unpaired) electrons. The fourth-order valence-corrected chi connectivity index (χ4v) is 1.86. The molecule has 2 N–H and O–H groups in total. The third-order valence-electron chi connectivity index (χ3n) is 1.76.